The molecule has 0 amide bonds. The number of carbonyl (C=O) groups excluding carboxylic acids is 1. The number of carboxylic acids is 1. The number of rotatable bonds is 4. The number of nitro groups is 1. The van der Waals surface area contributed by atoms with Crippen molar-refractivity contribution in [2.24, 2.45) is 0 Å². The summed E-state index contributed by atoms with van der Waals surface area (Å²) in [5.74, 6) is -1.64. The van der Waals surface area contributed by atoms with Crippen LogP contribution in [0, 0.1) is 10.1 Å². The number of carboxylic acid groups (broad SMARTS) is 1. The minimum Gasteiger partial charge on any atom is -0.545 e. The summed E-state index contributed by atoms with van der Waals surface area (Å²) in [6, 6.07) is 7.65. The second-order valence-electron chi connectivity index (χ2n) is 4.19. The number of halogens is 1. The number of aromatic carboxylic acids is 1. The van der Waals surface area contributed by atoms with Crippen molar-refractivity contribution in [3.8, 4) is 0 Å². The summed E-state index contributed by atoms with van der Waals surface area (Å²) in [5, 5.41) is 21.9. The molecular formula is C13H7ClNO6S-. The van der Waals surface area contributed by atoms with E-state index in [0.717, 1.165) is 18.2 Å². The van der Waals surface area contributed by atoms with E-state index < -0.39 is 36.9 Å². The highest BCUT2D eigenvalue weighted by Crippen LogP contribution is 2.31. The van der Waals surface area contributed by atoms with Crippen LogP contribution in [0.15, 0.2) is 52.3 Å². The molecule has 0 aromatic heterocycles. The molecule has 0 heterocycles. The SMILES string of the molecule is O=C([O-])c1ccc(S(=O)(=O)c2cccc(Cl)c2)c([N+](=O)[O-])c1. The van der Waals surface area contributed by atoms with Gasteiger partial charge in [-0.15, -0.1) is 0 Å². The van der Waals surface area contributed by atoms with Gasteiger partial charge < -0.3 is 9.90 Å². The molecule has 2 aromatic rings. The zero-order valence-corrected chi connectivity index (χ0v) is 12.3. The van der Waals surface area contributed by atoms with Gasteiger partial charge in [0.25, 0.3) is 5.69 Å². The predicted molar refractivity (Wildman–Crippen MR) is 74.3 cm³/mol. The van der Waals surface area contributed by atoms with Gasteiger partial charge in [0.05, 0.1) is 15.8 Å². The molecule has 0 aliphatic heterocycles. The Kier molecular flexibility index (Phi) is 4.16. The number of nitrogens with zero attached hydrogens (tertiary/aromatic N) is 1. The van der Waals surface area contributed by atoms with Gasteiger partial charge in [-0.25, -0.2) is 8.42 Å². The van der Waals surface area contributed by atoms with E-state index in [4.69, 9.17) is 11.6 Å². The molecule has 0 spiro atoms. The molecule has 0 aliphatic carbocycles. The summed E-state index contributed by atoms with van der Waals surface area (Å²) >= 11 is 5.72. The van der Waals surface area contributed by atoms with Crippen LogP contribution < -0.4 is 5.11 Å². The smallest absolute Gasteiger partial charge is 0.289 e. The first kappa shape index (κ1) is 15.9. The van der Waals surface area contributed by atoms with Crippen LogP contribution in [0.4, 0.5) is 5.69 Å². The summed E-state index contributed by atoms with van der Waals surface area (Å²) in [5.41, 5.74) is -1.33. The number of benzene rings is 2. The van der Waals surface area contributed by atoms with Gasteiger partial charge in [-0.1, -0.05) is 23.7 Å². The number of nitro benzene ring substituents is 1. The molecule has 0 bridgehead atoms. The van der Waals surface area contributed by atoms with Crippen molar-refractivity contribution in [2.75, 3.05) is 0 Å². The van der Waals surface area contributed by atoms with Crippen molar-refractivity contribution < 1.29 is 23.2 Å². The molecule has 0 N–H and O–H groups in total. The minimum absolute atomic E-state index is 0.148. The molecular weight excluding hydrogens is 334 g/mol. The van der Waals surface area contributed by atoms with E-state index in [0.29, 0.717) is 6.07 Å². The Morgan fingerprint density at radius 3 is 2.36 bits per heavy atom. The van der Waals surface area contributed by atoms with Gasteiger partial charge in [-0.05, 0) is 24.3 Å². The van der Waals surface area contributed by atoms with Gasteiger partial charge in [-0.3, -0.25) is 10.1 Å². The first-order valence-electron chi connectivity index (χ1n) is 5.74. The molecule has 0 saturated carbocycles. The van der Waals surface area contributed by atoms with Gasteiger partial charge in [0.15, 0.2) is 0 Å². The van der Waals surface area contributed by atoms with Crippen LogP contribution in [0.3, 0.4) is 0 Å². The molecule has 0 atom stereocenters. The van der Waals surface area contributed by atoms with Crippen LogP contribution in [-0.2, 0) is 9.84 Å². The largest absolute Gasteiger partial charge is 0.545 e. The maximum Gasteiger partial charge on any atom is 0.289 e. The molecule has 2 rings (SSSR count). The number of hydrogen-bond acceptors (Lipinski definition) is 6. The molecule has 2 aromatic carbocycles. The Morgan fingerprint density at radius 1 is 1.14 bits per heavy atom. The van der Waals surface area contributed by atoms with Crippen LogP contribution in [0.2, 0.25) is 5.02 Å². The molecule has 22 heavy (non-hydrogen) atoms. The zero-order chi connectivity index (χ0) is 16.5. The van der Waals surface area contributed by atoms with Gasteiger partial charge in [0.2, 0.25) is 9.84 Å². The van der Waals surface area contributed by atoms with E-state index in [1.807, 2.05) is 0 Å². The van der Waals surface area contributed by atoms with E-state index in [-0.39, 0.29) is 9.92 Å². The maximum atomic E-state index is 12.5. The van der Waals surface area contributed by atoms with E-state index in [1.165, 1.54) is 18.2 Å². The van der Waals surface area contributed by atoms with Crippen molar-refractivity contribution in [1.29, 1.82) is 0 Å². The van der Waals surface area contributed by atoms with Crippen molar-refractivity contribution in [1.82, 2.24) is 0 Å². The molecule has 114 valence electrons. The second-order valence-corrected chi connectivity index (χ2v) is 6.54. The molecule has 9 heteroatoms. The molecule has 0 radical (unpaired) electrons. The summed E-state index contributed by atoms with van der Waals surface area (Å²) in [7, 11) is -4.22. The van der Waals surface area contributed by atoms with Gasteiger partial charge >= 0.3 is 0 Å². The Balaban J connectivity index is 2.70. The lowest BCUT2D eigenvalue weighted by Crippen LogP contribution is -2.22. The Hall–Kier alpha value is -2.45. The summed E-state index contributed by atoms with van der Waals surface area (Å²) in [6.07, 6.45) is 0. The van der Waals surface area contributed by atoms with E-state index in [1.54, 1.807) is 0 Å². The molecule has 7 nitrogen and oxygen atoms in total. The van der Waals surface area contributed by atoms with Crippen molar-refractivity contribution in [3.63, 3.8) is 0 Å². The van der Waals surface area contributed by atoms with Crippen molar-refractivity contribution in [2.45, 2.75) is 9.79 Å². The number of carbonyl (C=O) groups is 1. The first-order valence-corrected chi connectivity index (χ1v) is 7.60. The summed E-state index contributed by atoms with van der Waals surface area (Å²) < 4.78 is 24.9. The van der Waals surface area contributed by atoms with E-state index in [2.05, 4.69) is 0 Å². The van der Waals surface area contributed by atoms with Crippen LogP contribution >= 0.6 is 11.6 Å². The van der Waals surface area contributed by atoms with Crippen molar-refractivity contribution in [3.05, 3.63) is 63.2 Å². The Labute approximate surface area is 129 Å². The third kappa shape index (κ3) is 2.92. The van der Waals surface area contributed by atoms with Crippen LogP contribution in [0.5, 0.6) is 0 Å². The standard InChI is InChI=1S/C13H8ClNO6S/c14-9-2-1-3-10(7-9)22(20,21)12-5-4-8(13(16)17)6-11(12)15(18)19/h1-7H,(H,16,17)/p-1. The quantitative estimate of drug-likeness (QED) is 0.614. The van der Waals surface area contributed by atoms with Crippen LogP contribution in [0.1, 0.15) is 10.4 Å². The molecule has 0 unspecified atom stereocenters. The second kappa shape index (κ2) is 5.74. The Morgan fingerprint density at radius 2 is 1.82 bits per heavy atom. The minimum atomic E-state index is -4.22. The monoisotopic (exact) mass is 340 g/mol. The summed E-state index contributed by atoms with van der Waals surface area (Å²) in [4.78, 5) is 20.0. The van der Waals surface area contributed by atoms with Gasteiger partial charge in [-0.2, -0.15) is 0 Å². The highest BCUT2D eigenvalue weighted by molar-refractivity contribution is 7.91. The number of sulfone groups is 1. The Bertz CT molecular complexity index is 878. The average Bonchev–Trinajstić information content (AvgIpc) is 2.46. The lowest BCUT2D eigenvalue weighted by Gasteiger charge is -2.08. The van der Waals surface area contributed by atoms with Gasteiger partial charge in [0, 0.05) is 16.7 Å². The predicted octanol–water partition coefficient (Wildman–Crippen LogP) is 1.44. The fourth-order valence-corrected chi connectivity index (χ4v) is 3.48. The summed E-state index contributed by atoms with van der Waals surface area (Å²) in [6.45, 7) is 0. The lowest BCUT2D eigenvalue weighted by atomic mass is 10.2. The molecule has 0 saturated heterocycles. The van der Waals surface area contributed by atoms with Crippen molar-refractivity contribution >= 4 is 33.1 Å². The molecule has 0 aliphatic rings. The fourth-order valence-electron chi connectivity index (χ4n) is 1.78. The third-order valence-corrected chi connectivity index (χ3v) is 4.82. The normalized spacial score (nSPS) is 11.1. The van der Waals surface area contributed by atoms with Crippen LogP contribution in [0.25, 0.3) is 0 Å². The lowest BCUT2D eigenvalue weighted by molar-refractivity contribution is -0.387. The highest BCUT2D eigenvalue weighted by atomic mass is 35.5. The highest BCUT2D eigenvalue weighted by Gasteiger charge is 2.28. The number of hydrogen-bond donors (Lipinski definition) is 0. The topological polar surface area (TPSA) is 117 Å². The van der Waals surface area contributed by atoms with Crippen LogP contribution in [-0.4, -0.2) is 19.3 Å². The van der Waals surface area contributed by atoms with Gasteiger partial charge in [0.1, 0.15) is 4.90 Å². The van der Waals surface area contributed by atoms with E-state index >= 15 is 0 Å². The van der Waals surface area contributed by atoms with E-state index in [9.17, 15) is 28.4 Å². The zero-order valence-electron chi connectivity index (χ0n) is 10.7. The third-order valence-electron chi connectivity index (χ3n) is 2.79. The average molecular weight is 341 g/mol. The maximum absolute atomic E-state index is 12.5. The first-order chi connectivity index (χ1) is 10.2. The molecule has 0 fully saturated rings. The fraction of sp³-hybridized carbons (Fsp3) is 0.